The van der Waals surface area contributed by atoms with E-state index in [-0.39, 0.29) is 5.82 Å². The van der Waals surface area contributed by atoms with Crippen molar-refractivity contribution in [3.8, 4) is 5.75 Å². The van der Waals surface area contributed by atoms with E-state index in [1.54, 1.807) is 23.9 Å². The number of halogens is 1. The molecule has 136 valence electrons. The Morgan fingerprint density at radius 1 is 1.19 bits per heavy atom. The van der Waals surface area contributed by atoms with E-state index >= 15 is 0 Å². The van der Waals surface area contributed by atoms with E-state index in [9.17, 15) is 4.39 Å². The number of hydrogen-bond donors (Lipinski definition) is 1. The molecule has 0 unspecified atom stereocenters. The molecule has 0 aliphatic rings. The lowest BCUT2D eigenvalue weighted by Gasteiger charge is -2.16. The van der Waals surface area contributed by atoms with Crippen molar-refractivity contribution in [3.63, 3.8) is 0 Å². The molecule has 0 spiro atoms. The van der Waals surface area contributed by atoms with Gasteiger partial charge in [-0.05, 0) is 61.2 Å². The summed E-state index contributed by atoms with van der Waals surface area (Å²) in [6.45, 7) is 1.34. The van der Waals surface area contributed by atoms with E-state index in [1.165, 1.54) is 29.0 Å². The van der Waals surface area contributed by atoms with Crippen LogP contribution in [0.1, 0.15) is 5.56 Å². The maximum absolute atomic E-state index is 13.0. The Balaban J connectivity index is 1.62. The molecule has 0 saturated carbocycles. The summed E-state index contributed by atoms with van der Waals surface area (Å²) < 4.78 is 20.6. The molecule has 0 bridgehead atoms. The fourth-order valence-corrected chi connectivity index (χ4v) is 3.44. The average Bonchev–Trinajstić information content (AvgIpc) is 2.96. The summed E-state index contributed by atoms with van der Waals surface area (Å²) in [7, 11) is 3.67. The molecule has 26 heavy (non-hydrogen) atoms. The smallest absolute Gasteiger partial charge is 0.209 e. The molecule has 1 heterocycles. The summed E-state index contributed by atoms with van der Waals surface area (Å²) in [6, 6.07) is 14.1. The second kappa shape index (κ2) is 8.39. The lowest BCUT2D eigenvalue weighted by atomic mass is 10.2. The van der Waals surface area contributed by atoms with Gasteiger partial charge in [-0.3, -0.25) is 4.90 Å². The van der Waals surface area contributed by atoms with Crippen LogP contribution in [-0.4, -0.2) is 28.8 Å². The molecule has 0 aliphatic carbocycles. The van der Waals surface area contributed by atoms with Gasteiger partial charge < -0.3 is 10.1 Å². The first-order chi connectivity index (χ1) is 12.5. The van der Waals surface area contributed by atoms with Crippen LogP contribution in [-0.2, 0) is 13.2 Å². The Hall–Kier alpha value is -2.29. The normalized spacial score (nSPS) is 10.9. The number of methoxy groups -OCH3 is 1. The standard InChI is InChI=1S/C18H19FN4OS2/c1-22(11-13-3-9-16(24-2)10-4-13)12-23-18(25)26-17(21-23)20-15-7-5-14(19)6-8-15/h3-10H,11-12H2,1-2H3,(H,20,21). The van der Waals surface area contributed by atoms with Crippen molar-refractivity contribution in [1.29, 1.82) is 0 Å². The second-order valence-electron chi connectivity index (χ2n) is 5.81. The molecule has 0 fully saturated rings. The third-order valence-corrected chi connectivity index (χ3v) is 4.91. The number of rotatable bonds is 7. The highest BCUT2D eigenvalue weighted by atomic mass is 32.1. The summed E-state index contributed by atoms with van der Waals surface area (Å²) in [6.07, 6.45) is 0. The lowest BCUT2D eigenvalue weighted by molar-refractivity contribution is 0.245. The highest BCUT2D eigenvalue weighted by Crippen LogP contribution is 2.21. The van der Waals surface area contributed by atoms with Gasteiger partial charge in [-0.25, -0.2) is 9.07 Å². The fourth-order valence-electron chi connectivity index (χ4n) is 2.42. The van der Waals surface area contributed by atoms with Gasteiger partial charge in [0.1, 0.15) is 11.6 Å². The number of nitrogens with zero attached hydrogens (tertiary/aromatic N) is 3. The van der Waals surface area contributed by atoms with Crippen molar-refractivity contribution in [2.75, 3.05) is 19.5 Å². The van der Waals surface area contributed by atoms with Gasteiger partial charge in [0.2, 0.25) is 5.13 Å². The molecule has 0 saturated heterocycles. The Morgan fingerprint density at radius 2 is 1.88 bits per heavy atom. The summed E-state index contributed by atoms with van der Waals surface area (Å²) in [5.41, 5.74) is 1.95. The molecule has 0 aliphatic heterocycles. The molecule has 0 radical (unpaired) electrons. The first-order valence-electron chi connectivity index (χ1n) is 7.95. The van der Waals surface area contributed by atoms with Crippen LogP contribution in [0.4, 0.5) is 15.2 Å². The van der Waals surface area contributed by atoms with E-state index in [2.05, 4.69) is 15.3 Å². The van der Waals surface area contributed by atoms with Gasteiger partial charge in [0.05, 0.1) is 13.8 Å². The fraction of sp³-hybridized carbons (Fsp3) is 0.222. The maximum atomic E-state index is 13.0. The first-order valence-corrected chi connectivity index (χ1v) is 9.18. The maximum Gasteiger partial charge on any atom is 0.209 e. The van der Waals surface area contributed by atoms with Crippen molar-refractivity contribution < 1.29 is 9.13 Å². The van der Waals surface area contributed by atoms with E-state index in [1.807, 2.05) is 31.3 Å². The van der Waals surface area contributed by atoms with E-state index < -0.39 is 0 Å². The van der Waals surface area contributed by atoms with Crippen LogP contribution in [0, 0.1) is 9.77 Å². The Labute approximate surface area is 160 Å². The molecule has 5 nitrogen and oxygen atoms in total. The Kier molecular flexibility index (Phi) is 5.97. The number of aromatic nitrogens is 2. The average molecular weight is 391 g/mol. The van der Waals surface area contributed by atoms with Crippen molar-refractivity contribution in [1.82, 2.24) is 14.7 Å². The van der Waals surface area contributed by atoms with Crippen molar-refractivity contribution in [3.05, 3.63) is 63.9 Å². The SMILES string of the molecule is COc1ccc(CN(C)Cn2nc(Nc3ccc(F)cc3)sc2=S)cc1. The molecule has 0 atom stereocenters. The van der Waals surface area contributed by atoms with Gasteiger partial charge in [-0.1, -0.05) is 23.5 Å². The summed E-state index contributed by atoms with van der Waals surface area (Å²) in [5.74, 6) is 0.573. The van der Waals surface area contributed by atoms with Gasteiger partial charge in [0.15, 0.2) is 3.95 Å². The van der Waals surface area contributed by atoms with Crippen LogP contribution in [0.3, 0.4) is 0 Å². The number of anilines is 2. The van der Waals surface area contributed by atoms with Gasteiger partial charge >= 0.3 is 0 Å². The number of benzene rings is 2. The third-order valence-electron chi connectivity index (χ3n) is 3.69. The summed E-state index contributed by atoms with van der Waals surface area (Å²) >= 11 is 6.79. The zero-order chi connectivity index (χ0) is 18.5. The van der Waals surface area contributed by atoms with Gasteiger partial charge in [0, 0.05) is 12.2 Å². The Morgan fingerprint density at radius 3 is 2.54 bits per heavy atom. The van der Waals surface area contributed by atoms with Crippen LogP contribution in [0.2, 0.25) is 0 Å². The lowest BCUT2D eigenvalue weighted by Crippen LogP contribution is -2.22. The third kappa shape index (κ3) is 4.87. The van der Waals surface area contributed by atoms with Crippen molar-refractivity contribution in [2.24, 2.45) is 0 Å². The van der Waals surface area contributed by atoms with Crippen LogP contribution >= 0.6 is 23.6 Å². The van der Waals surface area contributed by atoms with Crippen molar-refractivity contribution >= 4 is 34.4 Å². The zero-order valence-electron chi connectivity index (χ0n) is 14.5. The molecule has 8 heteroatoms. The predicted octanol–water partition coefficient (Wildman–Crippen LogP) is 4.65. The highest BCUT2D eigenvalue weighted by molar-refractivity contribution is 7.73. The van der Waals surface area contributed by atoms with Crippen LogP contribution in [0.15, 0.2) is 48.5 Å². The minimum Gasteiger partial charge on any atom is -0.497 e. The van der Waals surface area contributed by atoms with Gasteiger partial charge in [-0.2, -0.15) is 0 Å². The largest absolute Gasteiger partial charge is 0.497 e. The number of nitrogens with one attached hydrogen (secondary N) is 1. The minimum absolute atomic E-state index is 0.270. The van der Waals surface area contributed by atoms with Gasteiger partial charge in [0.25, 0.3) is 0 Å². The van der Waals surface area contributed by atoms with Crippen LogP contribution in [0.5, 0.6) is 5.75 Å². The number of ether oxygens (including phenoxy) is 1. The van der Waals surface area contributed by atoms with E-state index in [4.69, 9.17) is 17.0 Å². The zero-order valence-corrected chi connectivity index (χ0v) is 16.1. The molecular formula is C18H19FN4OS2. The summed E-state index contributed by atoms with van der Waals surface area (Å²) in [4.78, 5) is 2.12. The van der Waals surface area contributed by atoms with Crippen LogP contribution < -0.4 is 10.1 Å². The summed E-state index contributed by atoms with van der Waals surface area (Å²) in [5, 5.41) is 8.33. The molecule has 0 amide bonds. The van der Waals surface area contributed by atoms with Gasteiger partial charge in [-0.15, -0.1) is 5.10 Å². The molecular weight excluding hydrogens is 371 g/mol. The predicted molar refractivity (Wildman–Crippen MR) is 105 cm³/mol. The van der Waals surface area contributed by atoms with E-state index in [0.29, 0.717) is 15.8 Å². The number of hydrogen-bond acceptors (Lipinski definition) is 6. The molecule has 2 aromatic carbocycles. The molecule has 3 aromatic rings. The Bertz CT molecular complexity index is 906. The quantitative estimate of drug-likeness (QED) is 0.595. The topological polar surface area (TPSA) is 42.3 Å². The molecule has 1 aromatic heterocycles. The highest BCUT2D eigenvalue weighted by Gasteiger charge is 2.08. The minimum atomic E-state index is -0.270. The monoisotopic (exact) mass is 390 g/mol. The van der Waals surface area contributed by atoms with E-state index in [0.717, 1.165) is 18.0 Å². The molecule has 1 N–H and O–H groups in total. The van der Waals surface area contributed by atoms with Crippen molar-refractivity contribution in [2.45, 2.75) is 13.2 Å². The van der Waals surface area contributed by atoms with Crippen LogP contribution in [0.25, 0.3) is 0 Å². The molecule has 3 rings (SSSR count). The second-order valence-corrected chi connectivity index (χ2v) is 7.43. The first kappa shape index (κ1) is 18.5.